The van der Waals surface area contributed by atoms with Crippen LogP contribution in [0.3, 0.4) is 0 Å². The second-order valence-electron chi connectivity index (χ2n) is 5.35. The summed E-state index contributed by atoms with van der Waals surface area (Å²) in [5.74, 6) is 0.339. The van der Waals surface area contributed by atoms with Crippen LogP contribution in [0, 0.1) is 0 Å². The number of rotatable bonds is 6. The molecular weight excluding hydrogens is 383 g/mol. The fourth-order valence-electron chi connectivity index (χ4n) is 2.51. The zero-order valence-electron chi connectivity index (χ0n) is 13.2. The molecule has 2 aromatic carbocycles. The van der Waals surface area contributed by atoms with Gasteiger partial charge in [0.15, 0.2) is 0 Å². The fraction of sp³-hybridized carbons (Fsp3) is 0.167. The van der Waals surface area contributed by atoms with E-state index in [0.29, 0.717) is 21.5 Å². The smallest absolute Gasteiger partial charge is 0.307 e. The third-order valence-electron chi connectivity index (χ3n) is 3.66. The van der Waals surface area contributed by atoms with Crippen LogP contribution in [0.5, 0.6) is 11.5 Å². The van der Waals surface area contributed by atoms with Gasteiger partial charge >= 0.3 is 5.97 Å². The van der Waals surface area contributed by atoms with Crippen molar-refractivity contribution < 1.29 is 19.4 Å². The number of methoxy groups -OCH3 is 1. The maximum absolute atomic E-state index is 11.0. The van der Waals surface area contributed by atoms with Crippen LogP contribution in [0.1, 0.15) is 11.1 Å². The lowest BCUT2D eigenvalue weighted by atomic mass is 10.1. The highest BCUT2D eigenvalue weighted by Crippen LogP contribution is 2.38. The summed E-state index contributed by atoms with van der Waals surface area (Å²) in [7, 11) is 1.55. The molecule has 7 heteroatoms. The molecule has 1 N–H and O–H groups in total. The number of fused-ring (bicyclic) bond motifs is 1. The molecule has 0 radical (unpaired) electrons. The minimum absolute atomic E-state index is 0.0447. The Labute approximate surface area is 158 Å². The first kappa shape index (κ1) is 17.9. The zero-order chi connectivity index (χ0) is 18.0. The second-order valence-corrected chi connectivity index (χ2v) is 7.11. The molecule has 0 fully saturated rings. The molecule has 0 bridgehead atoms. The summed E-state index contributed by atoms with van der Waals surface area (Å²) >= 11 is 13.5. The Morgan fingerprint density at radius 2 is 2.00 bits per heavy atom. The molecule has 3 aromatic rings. The Bertz CT molecular complexity index is 936. The van der Waals surface area contributed by atoms with E-state index in [9.17, 15) is 4.79 Å². The number of halogens is 2. The van der Waals surface area contributed by atoms with Crippen molar-refractivity contribution in [3.05, 3.63) is 56.9 Å². The number of carboxylic acids is 1. The zero-order valence-corrected chi connectivity index (χ0v) is 15.5. The molecule has 0 aliphatic carbocycles. The normalized spacial score (nSPS) is 10.8. The van der Waals surface area contributed by atoms with Crippen molar-refractivity contribution in [2.24, 2.45) is 0 Å². The standard InChI is InChI=1S/C18H14Cl2O4S/c1-23-15-6-13(24-8-10-2-3-12(19)5-14(10)20)7-16-18(15)11(9-25-16)4-17(21)22/h2-3,5-7,9H,4,8H2,1H3,(H,21,22). The summed E-state index contributed by atoms with van der Waals surface area (Å²) in [6.07, 6.45) is -0.0447. The molecule has 1 heterocycles. The van der Waals surface area contributed by atoms with Crippen LogP contribution in [-0.4, -0.2) is 18.2 Å². The number of ether oxygens (including phenoxy) is 2. The molecule has 130 valence electrons. The van der Waals surface area contributed by atoms with E-state index in [0.717, 1.165) is 21.2 Å². The predicted molar refractivity (Wildman–Crippen MR) is 101 cm³/mol. The molecule has 0 amide bonds. The third kappa shape index (κ3) is 4.00. The van der Waals surface area contributed by atoms with Crippen molar-refractivity contribution in [1.82, 2.24) is 0 Å². The summed E-state index contributed by atoms with van der Waals surface area (Å²) in [6, 6.07) is 8.87. The molecule has 0 saturated heterocycles. The lowest BCUT2D eigenvalue weighted by molar-refractivity contribution is -0.136. The highest BCUT2D eigenvalue weighted by molar-refractivity contribution is 7.17. The van der Waals surface area contributed by atoms with E-state index in [1.54, 1.807) is 25.3 Å². The SMILES string of the molecule is COc1cc(OCc2ccc(Cl)cc2Cl)cc2scc(CC(=O)O)c12. The minimum atomic E-state index is -0.876. The highest BCUT2D eigenvalue weighted by Gasteiger charge is 2.15. The fourth-order valence-corrected chi connectivity index (χ4v) is 3.97. The van der Waals surface area contributed by atoms with E-state index >= 15 is 0 Å². The lowest BCUT2D eigenvalue weighted by Crippen LogP contribution is -2.00. The number of carbonyl (C=O) groups is 1. The number of aliphatic carboxylic acids is 1. The van der Waals surface area contributed by atoms with E-state index in [1.807, 2.05) is 17.5 Å². The Kier molecular flexibility index (Phi) is 5.37. The summed E-state index contributed by atoms with van der Waals surface area (Å²) in [6.45, 7) is 0.290. The molecular formula is C18H14Cl2O4S. The molecule has 0 atom stereocenters. The topological polar surface area (TPSA) is 55.8 Å². The Morgan fingerprint density at radius 3 is 2.68 bits per heavy atom. The van der Waals surface area contributed by atoms with Crippen LogP contribution in [0.2, 0.25) is 10.0 Å². The summed E-state index contributed by atoms with van der Waals surface area (Å²) in [4.78, 5) is 11.0. The quantitative estimate of drug-likeness (QED) is 0.603. The van der Waals surface area contributed by atoms with Gasteiger partial charge in [-0.25, -0.2) is 0 Å². The van der Waals surface area contributed by atoms with Gasteiger partial charge in [0.25, 0.3) is 0 Å². The first-order valence-electron chi connectivity index (χ1n) is 7.34. The van der Waals surface area contributed by atoms with Crippen LogP contribution < -0.4 is 9.47 Å². The molecule has 25 heavy (non-hydrogen) atoms. The lowest BCUT2D eigenvalue weighted by Gasteiger charge is -2.11. The number of benzene rings is 2. The van der Waals surface area contributed by atoms with E-state index in [2.05, 4.69) is 0 Å². The highest BCUT2D eigenvalue weighted by atomic mass is 35.5. The molecule has 0 unspecified atom stereocenters. The van der Waals surface area contributed by atoms with Crippen molar-refractivity contribution in [3.8, 4) is 11.5 Å². The average Bonchev–Trinajstić information content (AvgIpc) is 2.95. The first-order chi connectivity index (χ1) is 12.0. The molecule has 0 aliphatic heterocycles. The Hall–Kier alpha value is -1.95. The molecule has 0 saturated carbocycles. The maximum atomic E-state index is 11.0. The van der Waals surface area contributed by atoms with Crippen molar-refractivity contribution in [3.63, 3.8) is 0 Å². The number of thiophene rings is 1. The van der Waals surface area contributed by atoms with E-state index in [1.165, 1.54) is 11.3 Å². The largest absolute Gasteiger partial charge is 0.496 e. The minimum Gasteiger partial charge on any atom is -0.496 e. The summed E-state index contributed by atoms with van der Waals surface area (Å²) in [5.41, 5.74) is 1.56. The molecule has 3 rings (SSSR count). The second kappa shape index (κ2) is 7.52. The average molecular weight is 397 g/mol. The monoisotopic (exact) mass is 396 g/mol. The van der Waals surface area contributed by atoms with Crippen LogP contribution >= 0.6 is 34.5 Å². The van der Waals surface area contributed by atoms with Gasteiger partial charge in [0.2, 0.25) is 0 Å². The van der Waals surface area contributed by atoms with E-state index in [-0.39, 0.29) is 13.0 Å². The molecule has 4 nitrogen and oxygen atoms in total. The van der Waals surface area contributed by atoms with E-state index in [4.69, 9.17) is 37.8 Å². The van der Waals surface area contributed by atoms with E-state index < -0.39 is 5.97 Å². The number of carboxylic acid groups (broad SMARTS) is 1. The van der Waals surface area contributed by atoms with Crippen LogP contribution in [0.4, 0.5) is 0 Å². The van der Waals surface area contributed by atoms with Gasteiger partial charge in [0, 0.05) is 31.8 Å². The Morgan fingerprint density at radius 1 is 1.20 bits per heavy atom. The predicted octanol–water partition coefficient (Wildman–Crippen LogP) is 5.42. The van der Waals surface area contributed by atoms with Gasteiger partial charge in [-0.3, -0.25) is 4.79 Å². The maximum Gasteiger partial charge on any atom is 0.307 e. The van der Waals surface area contributed by atoms with Crippen LogP contribution in [-0.2, 0) is 17.8 Å². The summed E-state index contributed by atoms with van der Waals surface area (Å²) in [5, 5.41) is 12.8. The molecule has 1 aromatic heterocycles. The first-order valence-corrected chi connectivity index (χ1v) is 8.98. The summed E-state index contributed by atoms with van der Waals surface area (Å²) < 4.78 is 12.2. The van der Waals surface area contributed by atoms with Crippen molar-refractivity contribution in [2.45, 2.75) is 13.0 Å². The van der Waals surface area contributed by atoms with Crippen molar-refractivity contribution in [2.75, 3.05) is 7.11 Å². The number of hydrogen-bond acceptors (Lipinski definition) is 4. The number of hydrogen-bond donors (Lipinski definition) is 1. The Balaban J connectivity index is 1.88. The van der Waals surface area contributed by atoms with Gasteiger partial charge in [-0.15, -0.1) is 11.3 Å². The molecule has 0 aliphatic rings. The van der Waals surface area contributed by atoms with Gasteiger partial charge in [-0.2, -0.15) is 0 Å². The van der Waals surface area contributed by atoms with Gasteiger partial charge in [-0.1, -0.05) is 29.3 Å². The van der Waals surface area contributed by atoms with Crippen molar-refractivity contribution in [1.29, 1.82) is 0 Å². The third-order valence-corrected chi connectivity index (χ3v) is 5.23. The van der Waals surface area contributed by atoms with Crippen LogP contribution in [0.15, 0.2) is 35.7 Å². The van der Waals surface area contributed by atoms with Gasteiger partial charge < -0.3 is 14.6 Å². The van der Waals surface area contributed by atoms with Crippen LogP contribution in [0.25, 0.3) is 10.1 Å². The van der Waals surface area contributed by atoms with Gasteiger partial charge in [-0.05, 0) is 29.1 Å². The van der Waals surface area contributed by atoms with Gasteiger partial charge in [0.1, 0.15) is 18.1 Å². The van der Waals surface area contributed by atoms with Gasteiger partial charge in [0.05, 0.1) is 13.5 Å². The molecule has 0 spiro atoms. The van der Waals surface area contributed by atoms with Crippen molar-refractivity contribution >= 4 is 50.6 Å².